The summed E-state index contributed by atoms with van der Waals surface area (Å²) in [6.45, 7) is 1.95. The van der Waals surface area contributed by atoms with E-state index in [1.165, 1.54) is 6.08 Å². The zero-order valence-corrected chi connectivity index (χ0v) is 20.7. The molecule has 3 aromatic carbocycles. The molecule has 33 heavy (non-hydrogen) atoms. The molecule has 0 fully saturated rings. The van der Waals surface area contributed by atoms with Gasteiger partial charge in [0.2, 0.25) is 0 Å². The Kier molecular flexibility index (Phi) is 8.49. The average molecular weight is 579 g/mol. The van der Waals surface area contributed by atoms with Gasteiger partial charge in [0.1, 0.15) is 11.9 Å². The number of aromatic hydroxyl groups is 1. The fourth-order valence-corrected chi connectivity index (χ4v) is 4.57. The molecule has 2 atom stereocenters. The highest BCUT2D eigenvalue weighted by Gasteiger charge is 2.30. The van der Waals surface area contributed by atoms with Gasteiger partial charge in [-0.3, -0.25) is 5.32 Å². The summed E-state index contributed by atoms with van der Waals surface area (Å²) < 4.78 is 12.4. The van der Waals surface area contributed by atoms with E-state index in [1.54, 1.807) is 25.1 Å². The number of carboxylic acid groups (broad SMARTS) is 1. The standard InChI is InChI=1S/C24H21Br2NO6/c1-2-32-20(10-11-21(28)29)23(17-12-15(25)13-18(26)22(17)30)33-24(31)27-19-9-5-7-14-6-3-4-8-16(14)19/h3-13,20,23,30H,2H2,1H3,(H,27,31)(H,28,29)/b11-10+/t20-,23-/m1/s1. The van der Waals surface area contributed by atoms with Crippen molar-refractivity contribution >= 4 is 60.4 Å². The number of benzene rings is 3. The Balaban J connectivity index is 1.98. The topological polar surface area (TPSA) is 105 Å². The van der Waals surface area contributed by atoms with Crippen LogP contribution in [0.4, 0.5) is 10.5 Å². The van der Waals surface area contributed by atoms with Gasteiger partial charge in [-0.2, -0.15) is 0 Å². The molecule has 3 N–H and O–H groups in total. The molecule has 9 heteroatoms. The lowest BCUT2D eigenvalue weighted by Crippen LogP contribution is -2.28. The molecule has 172 valence electrons. The zero-order chi connectivity index (χ0) is 24.0. The maximum atomic E-state index is 12.9. The molecule has 3 aromatic rings. The maximum absolute atomic E-state index is 12.9. The molecule has 3 rings (SSSR count). The fraction of sp³-hybridized carbons (Fsp3) is 0.167. The van der Waals surface area contributed by atoms with Gasteiger partial charge in [-0.05, 0) is 52.5 Å². The first-order valence-corrected chi connectivity index (χ1v) is 11.5. The third-order valence-electron chi connectivity index (χ3n) is 4.71. The Labute approximate surface area is 207 Å². The van der Waals surface area contributed by atoms with Crippen molar-refractivity contribution in [1.29, 1.82) is 0 Å². The Morgan fingerprint density at radius 2 is 1.85 bits per heavy atom. The minimum absolute atomic E-state index is 0.158. The number of amides is 1. The number of phenolic OH excluding ortho intramolecular Hbond substituents is 1. The number of hydrogen-bond donors (Lipinski definition) is 3. The third-order valence-corrected chi connectivity index (χ3v) is 5.77. The number of ether oxygens (including phenoxy) is 2. The molecule has 0 heterocycles. The number of hydrogen-bond acceptors (Lipinski definition) is 5. The van der Waals surface area contributed by atoms with E-state index in [0.29, 0.717) is 14.6 Å². The van der Waals surface area contributed by atoms with Crippen molar-refractivity contribution in [2.45, 2.75) is 19.1 Å². The Morgan fingerprint density at radius 3 is 2.58 bits per heavy atom. The van der Waals surface area contributed by atoms with Crippen LogP contribution in [-0.2, 0) is 14.3 Å². The molecule has 7 nitrogen and oxygen atoms in total. The molecule has 0 spiro atoms. The van der Waals surface area contributed by atoms with Gasteiger partial charge < -0.3 is 19.7 Å². The first kappa shape index (κ1) is 24.8. The smallest absolute Gasteiger partial charge is 0.412 e. The minimum Gasteiger partial charge on any atom is -0.506 e. The molecule has 1 amide bonds. The summed E-state index contributed by atoms with van der Waals surface area (Å²) in [5.74, 6) is -1.34. The number of rotatable bonds is 8. The number of fused-ring (bicyclic) bond motifs is 1. The van der Waals surface area contributed by atoms with Crippen molar-refractivity contribution in [2.75, 3.05) is 11.9 Å². The molecular weight excluding hydrogens is 558 g/mol. The quantitative estimate of drug-likeness (QED) is 0.267. The first-order valence-electron chi connectivity index (χ1n) is 9.96. The van der Waals surface area contributed by atoms with E-state index in [1.807, 2.05) is 36.4 Å². The van der Waals surface area contributed by atoms with E-state index >= 15 is 0 Å². The SMILES string of the molecule is CCO[C@H](/C=C/C(=O)O)[C@H](OC(=O)Nc1cccc2ccccc12)c1cc(Br)cc(Br)c1O. The van der Waals surface area contributed by atoms with Crippen molar-refractivity contribution < 1.29 is 29.3 Å². The molecule has 0 saturated heterocycles. The maximum Gasteiger partial charge on any atom is 0.412 e. The summed E-state index contributed by atoms with van der Waals surface area (Å²) in [4.78, 5) is 24.0. The fourth-order valence-electron chi connectivity index (χ4n) is 3.31. The van der Waals surface area contributed by atoms with Crippen LogP contribution in [0.5, 0.6) is 5.75 Å². The molecule has 0 bridgehead atoms. The van der Waals surface area contributed by atoms with Crippen LogP contribution in [0.1, 0.15) is 18.6 Å². The largest absolute Gasteiger partial charge is 0.506 e. The summed E-state index contributed by atoms with van der Waals surface area (Å²) in [6.07, 6.45) is -0.736. The summed E-state index contributed by atoms with van der Waals surface area (Å²) in [6, 6.07) is 16.3. The molecule has 0 saturated carbocycles. The number of carbonyl (C=O) groups excluding carboxylic acids is 1. The van der Waals surface area contributed by atoms with Gasteiger partial charge in [0.15, 0.2) is 6.10 Å². The molecule has 0 aliphatic heterocycles. The minimum atomic E-state index is -1.18. The van der Waals surface area contributed by atoms with Crippen LogP contribution < -0.4 is 5.32 Å². The van der Waals surface area contributed by atoms with Crippen molar-refractivity contribution in [1.82, 2.24) is 0 Å². The third kappa shape index (κ3) is 6.34. The predicted octanol–water partition coefficient (Wildman–Crippen LogP) is 6.41. The molecule has 0 unspecified atom stereocenters. The number of halogens is 2. The van der Waals surface area contributed by atoms with Crippen LogP contribution >= 0.6 is 31.9 Å². The van der Waals surface area contributed by atoms with E-state index < -0.39 is 24.3 Å². The molecule has 0 aromatic heterocycles. The lowest BCUT2D eigenvalue weighted by molar-refractivity contribution is -0.131. The van der Waals surface area contributed by atoms with Crippen molar-refractivity contribution in [2.24, 2.45) is 0 Å². The second-order valence-electron chi connectivity index (χ2n) is 6.92. The molecule has 0 radical (unpaired) electrons. The van der Waals surface area contributed by atoms with Crippen LogP contribution in [0, 0.1) is 0 Å². The Bertz CT molecular complexity index is 1190. The molecule has 0 aliphatic rings. The predicted molar refractivity (Wildman–Crippen MR) is 132 cm³/mol. The van der Waals surface area contributed by atoms with Crippen molar-refractivity contribution in [3.05, 3.63) is 81.3 Å². The number of carbonyl (C=O) groups is 2. The number of phenols is 1. The summed E-state index contributed by atoms with van der Waals surface area (Å²) >= 11 is 6.64. The summed E-state index contributed by atoms with van der Waals surface area (Å²) in [7, 11) is 0. The average Bonchev–Trinajstić information content (AvgIpc) is 2.78. The summed E-state index contributed by atoms with van der Waals surface area (Å²) in [5.41, 5.74) is 0.781. The number of anilines is 1. The molecule has 0 aliphatic carbocycles. The highest BCUT2D eigenvalue weighted by molar-refractivity contribution is 9.11. The van der Waals surface area contributed by atoms with E-state index in [9.17, 15) is 14.7 Å². The van der Waals surface area contributed by atoms with Gasteiger partial charge in [-0.1, -0.05) is 52.3 Å². The van der Waals surface area contributed by atoms with Crippen molar-refractivity contribution in [3.8, 4) is 5.75 Å². The van der Waals surface area contributed by atoms with E-state index in [-0.39, 0.29) is 17.9 Å². The number of nitrogens with one attached hydrogen (secondary N) is 1. The van der Waals surface area contributed by atoms with E-state index in [4.69, 9.17) is 14.6 Å². The lowest BCUT2D eigenvalue weighted by Gasteiger charge is -2.26. The van der Waals surface area contributed by atoms with Crippen LogP contribution in [-0.4, -0.2) is 35.0 Å². The van der Waals surface area contributed by atoms with Gasteiger partial charge >= 0.3 is 12.1 Å². The Morgan fingerprint density at radius 1 is 1.12 bits per heavy atom. The van der Waals surface area contributed by atoms with Crippen LogP contribution in [0.25, 0.3) is 10.8 Å². The number of aliphatic carboxylic acids is 1. The van der Waals surface area contributed by atoms with Gasteiger partial charge in [0, 0.05) is 28.1 Å². The van der Waals surface area contributed by atoms with Gasteiger partial charge in [0.25, 0.3) is 0 Å². The second-order valence-corrected chi connectivity index (χ2v) is 8.69. The van der Waals surface area contributed by atoms with E-state index in [0.717, 1.165) is 16.8 Å². The van der Waals surface area contributed by atoms with Gasteiger partial charge in [-0.25, -0.2) is 9.59 Å². The molecular formula is C24H21Br2NO6. The van der Waals surface area contributed by atoms with Crippen LogP contribution in [0.15, 0.2) is 75.7 Å². The zero-order valence-electron chi connectivity index (χ0n) is 17.5. The number of carboxylic acids is 1. The monoisotopic (exact) mass is 577 g/mol. The van der Waals surface area contributed by atoms with Gasteiger partial charge in [0.05, 0.1) is 10.2 Å². The second kappa shape index (κ2) is 11.3. The highest BCUT2D eigenvalue weighted by Crippen LogP contribution is 2.39. The Hall–Kier alpha value is -2.88. The van der Waals surface area contributed by atoms with Crippen molar-refractivity contribution in [3.63, 3.8) is 0 Å². The lowest BCUT2D eigenvalue weighted by atomic mass is 10.0. The highest BCUT2D eigenvalue weighted by atomic mass is 79.9. The van der Waals surface area contributed by atoms with Crippen LogP contribution in [0.3, 0.4) is 0 Å². The normalized spacial score (nSPS) is 13.1. The summed E-state index contributed by atoms with van der Waals surface area (Å²) in [5, 5.41) is 24.2. The first-order chi connectivity index (χ1) is 15.8. The van der Waals surface area contributed by atoms with Gasteiger partial charge in [-0.15, -0.1) is 0 Å². The van der Waals surface area contributed by atoms with Crippen LogP contribution in [0.2, 0.25) is 0 Å². The van der Waals surface area contributed by atoms with E-state index in [2.05, 4.69) is 37.2 Å².